The normalized spacial score (nSPS) is 27.2. The van der Waals surface area contributed by atoms with Gasteiger partial charge in [-0.1, -0.05) is 0 Å². The van der Waals surface area contributed by atoms with Crippen molar-refractivity contribution < 1.29 is 19.8 Å². The summed E-state index contributed by atoms with van der Waals surface area (Å²) in [5.41, 5.74) is 0. The number of carbonyl (C=O) groups excluding carboxylic acids is 1. The van der Waals surface area contributed by atoms with Crippen LogP contribution in [0.3, 0.4) is 0 Å². The lowest BCUT2D eigenvalue weighted by Gasteiger charge is -2.08. The van der Waals surface area contributed by atoms with E-state index in [-0.39, 0.29) is 12.5 Å². The summed E-state index contributed by atoms with van der Waals surface area (Å²) in [6.45, 7) is -0.00172. The number of carboxylic acid groups (broad SMARTS) is 1. The molecule has 1 rings (SSSR count). The van der Waals surface area contributed by atoms with Gasteiger partial charge >= 0.3 is 5.97 Å². The van der Waals surface area contributed by atoms with Gasteiger partial charge in [0.15, 0.2) is 0 Å². The van der Waals surface area contributed by atoms with Crippen LogP contribution in [0.2, 0.25) is 0 Å². The van der Waals surface area contributed by atoms with Crippen molar-refractivity contribution in [1.82, 2.24) is 10.6 Å². The number of β-amino-alcohol motifs (C(OH)–C–C–N with tert-alkyl or cyclic N) is 1. The fraction of sp³-hybridized carbons (Fsp3) is 0.714. The first-order valence-electron chi connectivity index (χ1n) is 4.00. The number of aliphatic hydroxyl groups is 1. The van der Waals surface area contributed by atoms with Crippen molar-refractivity contribution in [2.24, 2.45) is 0 Å². The van der Waals surface area contributed by atoms with Crippen LogP contribution in [0, 0.1) is 0 Å². The van der Waals surface area contributed by atoms with Gasteiger partial charge in [-0.2, -0.15) is 0 Å². The third-order valence-corrected chi connectivity index (χ3v) is 1.84. The molecule has 13 heavy (non-hydrogen) atoms. The zero-order chi connectivity index (χ0) is 9.84. The second-order valence-corrected chi connectivity index (χ2v) is 2.96. The van der Waals surface area contributed by atoms with E-state index in [1.54, 1.807) is 0 Å². The summed E-state index contributed by atoms with van der Waals surface area (Å²) in [5.74, 6) is -1.45. The third kappa shape index (κ3) is 3.00. The molecule has 0 aromatic rings. The molecule has 0 aromatic carbocycles. The second-order valence-electron chi connectivity index (χ2n) is 2.96. The van der Waals surface area contributed by atoms with Gasteiger partial charge in [0, 0.05) is 6.54 Å². The number of hydrogen-bond donors (Lipinski definition) is 4. The Kier molecular flexibility index (Phi) is 3.21. The Hall–Kier alpha value is -1.14. The van der Waals surface area contributed by atoms with E-state index in [1.807, 2.05) is 0 Å². The van der Waals surface area contributed by atoms with Crippen molar-refractivity contribution in [2.45, 2.75) is 18.6 Å². The number of aliphatic carboxylic acids is 1. The molecule has 0 aromatic heterocycles. The van der Waals surface area contributed by atoms with Gasteiger partial charge in [0.2, 0.25) is 5.91 Å². The summed E-state index contributed by atoms with van der Waals surface area (Å²) in [6, 6.07) is -0.464. The smallest absolute Gasteiger partial charge is 0.322 e. The lowest BCUT2D eigenvalue weighted by atomic mass is 10.2. The lowest BCUT2D eigenvalue weighted by molar-refractivity contribution is -0.138. The zero-order valence-electron chi connectivity index (χ0n) is 6.99. The van der Waals surface area contributed by atoms with Gasteiger partial charge < -0.3 is 20.8 Å². The van der Waals surface area contributed by atoms with Gasteiger partial charge in [0.1, 0.15) is 6.54 Å². The fourth-order valence-corrected chi connectivity index (χ4v) is 1.20. The molecular formula is C7H12N2O4. The Balaban J connectivity index is 2.27. The first kappa shape index (κ1) is 9.94. The van der Waals surface area contributed by atoms with E-state index in [2.05, 4.69) is 10.6 Å². The SMILES string of the molecule is O=C(O)CNC(=O)[C@@H]1CC(O)CN1. The molecule has 4 N–H and O–H groups in total. The summed E-state index contributed by atoms with van der Waals surface area (Å²) in [6.07, 6.45) is -0.175. The number of amides is 1. The van der Waals surface area contributed by atoms with Crippen molar-refractivity contribution in [3.63, 3.8) is 0 Å². The molecule has 6 nitrogen and oxygen atoms in total. The van der Waals surface area contributed by atoms with Gasteiger partial charge in [-0.15, -0.1) is 0 Å². The number of carboxylic acids is 1. The monoisotopic (exact) mass is 188 g/mol. The molecule has 74 valence electrons. The highest BCUT2D eigenvalue weighted by Gasteiger charge is 2.27. The first-order valence-corrected chi connectivity index (χ1v) is 4.00. The standard InChI is InChI=1S/C7H12N2O4/c10-4-1-5(8-2-4)7(13)9-3-6(11)12/h4-5,8,10H,1-3H2,(H,9,13)(H,11,12)/t4?,5-/m0/s1. The molecule has 0 bridgehead atoms. The number of hydrogen-bond acceptors (Lipinski definition) is 4. The number of aliphatic hydroxyl groups excluding tert-OH is 1. The molecular weight excluding hydrogens is 176 g/mol. The van der Waals surface area contributed by atoms with Crippen molar-refractivity contribution >= 4 is 11.9 Å². The maximum Gasteiger partial charge on any atom is 0.322 e. The zero-order valence-corrected chi connectivity index (χ0v) is 6.99. The molecule has 1 unspecified atom stereocenters. The molecule has 1 saturated heterocycles. The Labute approximate surface area is 74.9 Å². The summed E-state index contributed by atoms with van der Waals surface area (Å²) in [5, 5.41) is 22.3. The van der Waals surface area contributed by atoms with Crippen LogP contribution < -0.4 is 10.6 Å². The first-order chi connectivity index (χ1) is 6.09. The maximum absolute atomic E-state index is 11.1. The van der Waals surface area contributed by atoms with Crippen molar-refractivity contribution in [2.75, 3.05) is 13.1 Å². The molecule has 1 fully saturated rings. The maximum atomic E-state index is 11.1. The van der Waals surface area contributed by atoms with Crippen molar-refractivity contribution in [3.8, 4) is 0 Å². The average Bonchev–Trinajstić information content (AvgIpc) is 2.47. The molecule has 2 atom stereocenters. The molecule has 1 heterocycles. The fourth-order valence-electron chi connectivity index (χ4n) is 1.20. The van der Waals surface area contributed by atoms with E-state index < -0.39 is 18.1 Å². The second kappa shape index (κ2) is 4.20. The van der Waals surface area contributed by atoms with Crippen LogP contribution >= 0.6 is 0 Å². The summed E-state index contributed by atoms with van der Waals surface area (Å²) < 4.78 is 0. The van der Waals surface area contributed by atoms with E-state index >= 15 is 0 Å². The van der Waals surface area contributed by atoms with E-state index in [9.17, 15) is 9.59 Å². The molecule has 0 saturated carbocycles. The van der Waals surface area contributed by atoms with Crippen LogP contribution in [0.1, 0.15) is 6.42 Å². The molecule has 0 spiro atoms. The number of rotatable bonds is 3. The van der Waals surface area contributed by atoms with Gasteiger partial charge in [0.05, 0.1) is 12.1 Å². The summed E-state index contributed by atoms with van der Waals surface area (Å²) >= 11 is 0. The highest BCUT2D eigenvalue weighted by molar-refractivity contribution is 5.85. The van der Waals surface area contributed by atoms with Gasteiger partial charge in [-0.05, 0) is 6.42 Å². The quantitative estimate of drug-likeness (QED) is 0.407. The van der Waals surface area contributed by atoms with Crippen LogP contribution in [0.25, 0.3) is 0 Å². The molecule has 1 amide bonds. The topological polar surface area (TPSA) is 98.7 Å². The van der Waals surface area contributed by atoms with Crippen LogP contribution in [-0.2, 0) is 9.59 Å². The van der Waals surface area contributed by atoms with E-state index in [4.69, 9.17) is 10.2 Å². The lowest BCUT2D eigenvalue weighted by Crippen LogP contribution is -2.42. The number of nitrogens with one attached hydrogen (secondary N) is 2. The van der Waals surface area contributed by atoms with Gasteiger partial charge in [0.25, 0.3) is 0 Å². The predicted octanol–water partition coefficient (Wildman–Crippen LogP) is -2.09. The molecule has 6 heteroatoms. The van der Waals surface area contributed by atoms with Crippen molar-refractivity contribution in [1.29, 1.82) is 0 Å². The molecule has 0 aliphatic carbocycles. The van der Waals surface area contributed by atoms with Crippen LogP contribution in [0.4, 0.5) is 0 Å². The van der Waals surface area contributed by atoms with E-state index in [0.29, 0.717) is 13.0 Å². The van der Waals surface area contributed by atoms with Crippen LogP contribution in [-0.4, -0.2) is 47.3 Å². The Morgan fingerprint density at radius 2 is 2.23 bits per heavy atom. The van der Waals surface area contributed by atoms with E-state index in [0.717, 1.165) is 0 Å². The van der Waals surface area contributed by atoms with E-state index in [1.165, 1.54) is 0 Å². The minimum Gasteiger partial charge on any atom is -0.480 e. The highest BCUT2D eigenvalue weighted by atomic mass is 16.4. The molecule has 1 aliphatic heterocycles. The molecule has 0 radical (unpaired) electrons. The Morgan fingerprint density at radius 3 is 2.69 bits per heavy atom. The van der Waals surface area contributed by atoms with Gasteiger partial charge in [-0.25, -0.2) is 0 Å². The molecule has 1 aliphatic rings. The highest BCUT2D eigenvalue weighted by Crippen LogP contribution is 2.05. The Morgan fingerprint density at radius 1 is 1.54 bits per heavy atom. The van der Waals surface area contributed by atoms with Gasteiger partial charge in [-0.3, -0.25) is 9.59 Å². The minimum atomic E-state index is -1.08. The average molecular weight is 188 g/mol. The van der Waals surface area contributed by atoms with Crippen LogP contribution in [0.15, 0.2) is 0 Å². The largest absolute Gasteiger partial charge is 0.480 e. The van der Waals surface area contributed by atoms with Crippen LogP contribution in [0.5, 0.6) is 0 Å². The summed E-state index contributed by atoms with van der Waals surface area (Å²) in [7, 11) is 0. The number of carbonyl (C=O) groups is 2. The predicted molar refractivity (Wildman–Crippen MR) is 43.1 cm³/mol. The van der Waals surface area contributed by atoms with Crippen molar-refractivity contribution in [3.05, 3.63) is 0 Å². The summed E-state index contributed by atoms with van der Waals surface area (Å²) in [4.78, 5) is 21.2. The minimum absolute atomic E-state index is 0.339. The Bertz CT molecular complexity index is 219. The third-order valence-electron chi connectivity index (χ3n) is 1.84.